The minimum atomic E-state index is -0.650. The molecule has 0 amide bonds. The first-order chi connectivity index (χ1) is 11.3. The number of nitriles is 3. The van der Waals surface area contributed by atoms with E-state index in [1.807, 2.05) is 24.3 Å². The summed E-state index contributed by atoms with van der Waals surface area (Å²) in [6.07, 6.45) is 5.50. The maximum atomic E-state index is 11.7. The number of ether oxygens (including phenoxy) is 1. The smallest absolute Gasteiger partial charge is 0.349 e. The molecule has 0 radical (unpaired) electrons. The van der Waals surface area contributed by atoms with Crippen molar-refractivity contribution in [2.45, 2.75) is 33.1 Å². The molecule has 0 aromatic heterocycles. The summed E-state index contributed by atoms with van der Waals surface area (Å²) >= 11 is 1.33. The van der Waals surface area contributed by atoms with Crippen LogP contribution in [-0.4, -0.2) is 19.3 Å². The zero-order chi connectivity index (χ0) is 18.3. The SMILES string of the molecule is COC(=O)/C(C#N)=C(\CC1=CC(=C(C#N)C#N)CC(C)(C)C1)SC. The number of allylic oxidation sites excluding steroid dienone is 5. The monoisotopic (exact) mass is 341 g/mol. The van der Waals surface area contributed by atoms with E-state index < -0.39 is 5.97 Å². The molecule has 0 fully saturated rings. The molecule has 0 bridgehead atoms. The van der Waals surface area contributed by atoms with Crippen molar-refractivity contribution in [3.05, 3.63) is 33.3 Å². The van der Waals surface area contributed by atoms with Crippen molar-refractivity contribution in [3.8, 4) is 18.2 Å². The molecule has 124 valence electrons. The van der Waals surface area contributed by atoms with E-state index in [2.05, 4.69) is 18.6 Å². The first kappa shape index (κ1) is 19.6. The number of carbonyl (C=O) groups is 1. The normalized spacial score (nSPS) is 16.7. The van der Waals surface area contributed by atoms with Gasteiger partial charge in [-0.05, 0) is 30.1 Å². The third-order valence-electron chi connectivity index (χ3n) is 3.71. The van der Waals surface area contributed by atoms with Crippen LogP contribution in [0, 0.1) is 39.4 Å². The lowest BCUT2D eigenvalue weighted by Gasteiger charge is -2.31. The number of thioether (sulfide) groups is 1. The second-order valence-corrected chi connectivity index (χ2v) is 7.13. The number of esters is 1. The van der Waals surface area contributed by atoms with Gasteiger partial charge < -0.3 is 4.74 Å². The van der Waals surface area contributed by atoms with Crippen LogP contribution < -0.4 is 0 Å². The third-order valence-corrected chi connectivity index (χ3v) is 4.55. The summed E-state index contributed by atoms with van der Waals surface area (Å²) in [5, 5.41) is 27.5. The summed E-state index contributed by atoms with van der Waals surface area (Å²) in [6.45, 7) is 4.14. The van der Waals surface area contributed by atoms with Crippen LogP contribution in [0.2, 0.25) is 0 Å². The largest absolute Gasteiger partial charge is 0.465 e. The molecule has 0 spiro atoms. The fourth-order valence-electron chi connectivity index (χ4n) is 2.78. The Morgan fingerprint density at radius 3 is 2.33 bits per heavy atom. The molecule has 0 atom stereocenters. The van der Waals surface area contributed by atoms with Crippen molar-refractivity contribution in [3.63, 3.8) is 0 Å². The highest BCUT2D eigenvalue weighted by atomic mass is 32.2. The predicted molar refractivity (Wildman–Crippen MR) is 92.1 cm³/mol. The van der Waals surface area contributed by atoms with E-state index in [1.54, 1.807) is 6.26 Å². The van der Waals surface area contributed by atoms with Crippen molar-refractivity contribution in [2.75, 3.05) is 13.4 Å². The Kier molecular flexibility index (Phi) is 6.83. The molecule has 0 unspecified atom stereocenters. The Hall–Kier alpha value is -2.49. The average molecular weight is 341 g/mol. The lowest BCUT2D eigenvalue weighted by molar-refractivity contribution is -0.135. The lowest BCUT2D eigenvalue weighted by Crippen LogP contribution is -2.18. The van der Waals surface area contributed by atoms with Gasteiger partial charge in [0.05, 0.1) is 7.11 Å². The maximum Gasteiger partial charge on any atom is 0.349 e. The minimum Gasteiger partial charge on any atom is -0.465 e. The van der Waals surface area contributed by atoms with Gasteiger partial charge in [0.15, 0.2) is 0 Å². The first-order valence-electron chi connectivity index (χ1n) is 7.30. The average Bonchev–Trinajstić information content (AvgIpc) is 2.53. The molecule has 6 heteroatoms. The number of carbonyl (C=O) groups excluding carboxylic acids is 1. The minimum absolute atomic E-state index is 0.000555. The number of hydrogen-bond acceptors (Lipinski definition) is 6. The number of nitrogens with zero attached hydrogens (tertiary/aromatic N) is 3. The van der Waals surface area contributed by atoms with Crippen LogP contribution in [0.25, 0.3) is 0 Å². The molecule has 5 nitrogen and oxygen atoms in total. The van der Waals surface area contributed by atoms with E-state index in [-0.39, 0.29) is 16.6 Å². The molecule has 0 saturated heterocycles. The van der Waals surface area contributed by atoms with Gasteiger partial charge in [-0.25, -0.2) is 4.79 Å². The van der Waals surface area contributed by atoms with Crippen molar-refractivity contribution < 1.29 is 9.53 Å². The summed E-state index contributed by atoms with van der Waals surface area (Å²) in [7, 11) is 1.24. The van der Waals surface area contributed by atoms with Crippen LogP contribution in [0.1, 0.15) is 33.1 Å². The van der Waals surface area contributed by atoms with Gasteiger partial charge in [0, 0.05) is 11.3 Å². The van der Waals surface area contributed by atoms with Crippen LogP contribution in [0.4, 0.5) is 0 Å². The second kappa shape index (κ2) is 8.39. The standard InChI is InChI=1S/C18H19N3O2S/c1-18(2)7-12(5-13(8-18)14(9-19)10-20)6-16(24-4)15(11-21)17(22)23-3/h5H,6-8H2,1-4H3/b16-15+. The van der Waals surface area contributed by atoms with Crippen LogP contribution in [0.3, 0.4) is 0 Å². The Labute approximate surface area is 146 Å². The van der Waals surface area contributed by atoms with Gasteiger partial charge in [-0.15, -0.1) is 11.8 Å². The Bertz CT molecular complexity index is 737. The number of hydrogen-bond donors (Lipinski definition) is 0. The van der Waals surface area contributed by atoms with Gasteiger partial charge in [0.1, 0.15) is 29.4 Å². The second-order valence-electron chi connectivity index (χ2n) is 6.23. The summed E-state index contributed by atoms with van der Waals surface area (Å²) < 4.78 is 4.66. The van der Waals surface area contributed by atoms with E-state index in [4.69, 9.17) is 10.5 Å². The van der Waals surface area contributed by atoms with Gasteiger partial charge in [-0.1, -0.05) is 25.5 Å². The zero-order valence-corrected chi connectivity index (χ0v) is 15.1. The van der Waals surface area contributed by atoms with Gasteiger partial charge in [-0.2, -0.15) is 15.8 Å². The van der Waals surface area contributed by atoms with Crippen LogP contribution >= 0.6 is 11.8 Å². The highest BCUT2D eigenvalue weighted by molar-refractivity contribution is 8.02. The Balaban J connectivity index is 3.35. The molecule has 0 saturated carbocycles. The Morgan fingerprint density at radius 1 is 1.25 bits per heavy atom. The van der Waals surface area contributed by atoms with Gasteiger partial charge >= 0.3 is 5.97 Å². The van der Waals surface area contributed by atoms with Crippen LogP contribution in [0.5, 0.6) is 0 Å². The Morgan fingerprint density at radius 2 is 1.88 bits per heavy atom. The molecule has 0 N–H and O–H groups in total. The maximum absolute atomic E-state index is 11.7. The highest BCUT2D eigenvalue weighted by Gasteiger charge is 2.28. The van der Waals surface area contributed by atoms with Crippen LogP contribution in [0.15, 0.2) is 33.3 Å². The highest BCUT2D eigenvalue weighted by Crippen LogP contribution is 2.42. The molecular weight excluding hydrogens is 322 g/mol. The van der Waals surface area contributed by atoms with Crippen LogP contribution in [-0.2, 0) is 9.53 Å². The lowest BCUT2D eigenvalue weighted by atomic mass is 9.73. The molecule has 0 aromatic rings. The quantitative estimate of drug-likeness (QED) is 0.438. The van der Waals surface area contributed by atoms with Crippen molar-refractivity contribution in [1.82, 2.24) is 0 Å². The van der Waals surface area contributed by atoms with E-state index in [1.165, 1.54) is 18.9 Å². The van der Waals surface area contributed by atoms with E-state index in [0.29, 0.717) is 23.3 Å². The molecular formula is C18H19N3O2S. The molecule has 1 aliphatic carbocycles. The molecule has 0 aromatic carbocycles. The van der Waals surface area contributed by atoms with Gasteiger partial charge in [0.2, 0.25) is 0 Å². The third kappa shape index (κ3) is 4.75. The summed E-state index contributed by atoms with van der Waals surface area (Å²) in [4.78, 5) is 12.4. The zero-order valence-electron chi connectivity index (χ0n) is 14.3. The molecule has 24 heavy (non-hydrogen) atoms. The van der Waals surface area contributed by atoms with E-state index in [0.717, 1.165) is 12.0 Å². The first-order valence-corrected chi connectivity index (χ1v) is 8.52. The van der Waals surface area contributed by atoms with Crippen molar-refractivity contribution in [2.24, 2.45) is 5.41 Å². The van der Waals surface area contributed by atoms with Crippen molar-refractivity contribution >= 4 is 17.7 Å². The molecule has 1 rings (SSSR count). The molecule has 1 aliphatic rings. The van der Waals surface area contributed by atoms with Crippen molar-refractivity contribution in [1.29, 1.82) is 15.8 Å². The topological polar surface area (TPSA) is 97.7 Å². The molecule has 0 aliphatic heterocycles. The number of rotatable bonds is 4. The number of methoxy groups -OCH3 is 1. The summed E-state index contributed by atoms with van der Waals surface area (Å²) in [5.41, 5.74) is 1.72. The summed E-state index contributed by atoms with van der Waals surface area (Å²) in [6, 6.07) is 5.79. The van der Waals surface area contributed by atoms with E-state index >= 15 is 0 Å². The molecule has 0 heterocycles. The summed E-state index contributed by atoms with van der Waals surface area (Å²) in [5.74, 6) is -0.650. The predicted octanol–water partition coefficient (Wildman–Crippen LogP) is 3.78. The van der Waals surface area contributed by atoms with Gasteiger partial charge in [0.25, 0.3) is 0 Å². The van der Waals surface area contributed by atoms with E-state index in [9.17, 15) is 10.1 Å². The fraction of sp³-hybridized carbons (Fsp3) is 0.444. The van der Waals surface area contributed by atoms with Gasteiger partial charge in [-0.3, -0.25) is 0 Å². The fourth-order valence-corrected chi connectivity index (χ4v) is 3.44.